The Kier molecular flexibility index (Phi) is 3.78. The van der Waals surface area contributed by atoms with Crippen LogP contribution < -0.4 is 0 Å². The van der Waals surface area contributed by atoms with Crippen molar-refractivity contribution in [1.82, 2.24) is 15.2 Å². The van der Waals surface area contributed by atoms with Gasteiger partial charge in [0.1, 0.15) is 10.7 Å². The average Bonchev–Trinajstić information content (AvgIpc) is 2.75. The number of aromatic nitrogens is 3. The first-order valence-corrected chi connectivity index (χ1v) is 6.03. The first-order chi connectivity index (χ1) is 8.65. The van der Waals surface area contributed by atoms with E-state index >= 15 is 0 Å². The average molecular weight is 261 g/mol. The number of aliphatic carboxylic acids is 1. The quantitative estimate of drug-likeness (QED) is 0.652. The van der Waals surface area contributed by atoms with Gasteiger partial charge in [-0.2, -0.15) is 0 Å². The predicted octanol–water partition coefficient (Wildman–Crippen LogP) is 2.33. The zero-order valence-corrected chi connectivity index (χ0v) is 10.4. The highest BCUT2D eigenvalue weighted by molar-refractivity contribution is 8.04. The molecule has 0 aliphatic carbocycles. The zero-order chi connectivity index (χ0) is 13.0. The Bertz CT molecular complexity index is 578. The fourth-order valence-corrected chi connectivity index (χ4v) is 2.05. The molecule has 0 radical (unpaired) electrons. The van der Waals surface area contributed by atoms with Crippen LogP contribution in [0.3, 0.4) is 0 Å². The lowest BCUT2D eigenvalue weighted by atomic mass is 10.2. The van der Waals surface area contributed by atoms with Crippen molar-refractivity contribution in [2.45, 2.75) is 12.1 Å². The molecule has 0 saturated carbocycles. The van der Waals surface area contributed by atoms with Gasteiger partial charge in [-0.15, -0.1) is 5.10 Å². The molecule has 0 bridgehead atoms. The molecule has 0 spiro atoms. The molecule has 0 aliphatic heterocycles. The second-order valence-electron chi connectivity index (χ2n) is 3.53. The minimum Gasteiger partial charge on any atom is -0.477 e. The summed E-state index contributed by atoms with van der Waals surface area (Å²) in [7, 11) is 0. The first kappa shape index (κ1) is 12.4. The molecule has 18 heavy (non-hydrogen) atoms. The number of hydrogen-bond donors (Lipinski definition) is 2. The molecule has 92 valence electrons. The highest BCUT2D eigenvalue weighted by Crippen LogP contribution is 2.25. The molecule has 2 rings (SSSR count). The number of carboxylic acid groups (broad SMARTS) is 1. The number of hydrogen-bond acceptors (Lipinski definition) is 4. The van der Waals surface area contributed by atoms with Crippen molar-refractivity contribution in [1.29, 1.82) is 0 Å². The van der Waals surface area contributed by atoms with Gasteiger partial charge in [0.15, 0.2) is 0 Å². The molecule has 1 heterocycles. The normalized spacial score (nSPS) is 11.5. The van der Waals surface area contributed by atoms with E-state index in [1.807, 2.05) is 30.3 Å². The van der Waals surface area contributed by atoms with Gasteiger partial charge in [-0.3, -0.25) is 5.10 Å². The maximum Gasteiger partial charge on any atom is 0.342 e. The highest BCUT2D eigenvalue weighted by atomic mass is 32.2. The number of H-pyrrole nitrogens is 1. The molecule has 2 aromatic rings. The number of carbonyl (C=O) groups is 1. The van der Waals surface area contributed by atoms with E-state index in [1.165, 1.54) is 0 Å². The Morgan fingerprint density at radius 1 is 1.39 bits per heavy atom. The van der Waals surface area contributed by atoms with E-state index in [4.69, 9.17) is 5.11 Å². The van der Waals surface area contributed by atoms with Crippen LogP contribution in [-0.4, -0.2) is 26.3 Å². The SMILES string of the molecule is Cc1nc(S/C(=C\c2ccccc2)C(=O)O)n[nH]1. The summed E-state index contributed by atoms with van der Waals surface area (Å²) in [4.78, 5) is 15.4. The van der Waals surface area contributed by atoms with Gasteiger partial charge in [0.2, 0.25) is 5.16 Å². The van der Waals surface area contributed by atoms with E-state index < -0.39 is 5.97 Å². The number of rotatable bonds is 4. The van der Waals surface area contributed by atoms with Crippen molar-refractivity contribution in [3.8, 4) is 0 Å². The van der Waals surface area contributed by atoms with Crippen LogP contribution in [0.25, 0.3) is 6.08 Å². The van der Waals surface area contributed by atoms with Crippen LogP contribution in [0.1, 0.15) is 11.4 Å². The number of nitrogens with zero attached hydrogens (tertiary/aromatic N) is 2. The van der Waals surface area contributed by atoms with Crippen LogP contribution in [0.2, 0.25) is 0 Å². The molecule has 0 saturated heterocycles. The summed E-state index contributed by atoms with van der Waals surface area (Å²) in [6.45, 7) is 1.76. The topological polar surface area (TPSA) is 78.9 Å². The van der Waals surface area contributed by atoms with Crippen LogP contribution in [0.4, 0.5) is 0 Å². The van der Waals surface area contributed by atoms with E-state index in [1.54, 1.807) is 13.0 Å². The molecule has 0 atom stereocenters. The second-order valence-corrected chi connectivity index (χ2v) is 4.54. The molecule has 0 aliphatic rings. The van der Waals surface area contributed by atoms with Crippen molar-refractivity contribution in [2.24, 2.45) is 0 Å². The summed E-state index contributed by atoms with van der Waals surface area (Å²) in [5, 5.41) is 16.1. The fourth-order valence-electron chi connectivity index (χ4n) is 1.30. The number of thioether (sulfide) groups is 1. The number of nitrogens with one attached hydrogen (secondary N) is 1. The molecule has 0 fully saturated rings. The van der Waals surface area contributed by atoms with Gasteiger partial charge < -0.3 is 5.11 Å². The number of carboxylic acids is 1. The largest absolute Gasteiger partial charge is 0.477 e. The summed E-state index contributed by atoms with van der Waals surface area (Å²) in [5.41, 5.74) is 0.828. The Balaban J connectivity index is 2.24. The standard InChI is InChI=1S/C12H11N3O2S/c1-8-13-12(15-14-8)18-10(11(16)17)7-9-5-3-2-4-6-9/h2-7H,1H3,(H,16,17)(H,13,14,15)/b10-7-. The van der Waals surface area contributed by atoms with Crippen LogP contribution in [-0.2, 0) is 4.79 Å². The van der Waals surface area contributed by atoms with E-state index in [0.717, 1.165) is 17.3 Å². The summed E-state index contributed by atoms with van der Waals surface area (Å²) >= 11 is 1.02. The van der Waals surface area contributed by atoms with Crippen molar-refractivity contribution >= 4 is 23.8 Å². The van der Waals surface area contributed by atoms with Gasteiger partial charge in [-0.1, -0.05) is 30.3 Å². The van der Waals surface area contributed by atoms with Crippen molar-refractivity contribution in [3.63, 3.8) is 0 Å². The zero-order valence-electron chi connectivity index (χ0n) is 9.62. The van der Waals surface area contributed by atoms with Gasteiger partial charge in [0, 0.05) is 0 Å². The summed E-state index contributed by atoms with van der Waals surface area (Å²) < 4.78 is 0. The molecule has 0 amide bonds. The lowest BCUT2D eigenvalue weighted by Crippen LogP contribution is -1.97. The van der Waals surface area contributed by atoms with E-state index in [2.05, 4.69) is 15.2 Å². The third-order valence-corrected chi connectivity index (χ3v) is 2.96. The fraction of sp³-hybridized carbons (Fsp3) is 0.0833. The maximum absolute atomic E-state index is 11.2. The number of benzene rings is 1. The van der Waals surface area contributed by atoms with Gasteiger partial charge in [-0.05, 0) is 30.3 Å². The van der Waals surface area contributed by atoms with E-state index in [-0.39, 0.29) is 4.91 Å². The maximum atomic E-state index is 11.2. The molecular formula is C12H11N3O2S. The van der Waals surface area contributed by atoms with Crippen LogP contribution in [0, 0.1) is 6.92 Å². The summed E-state index contributed by atoms with van der Waals surface area (Å²) in [5.74, 6) is -0.340. The molecule has 0 unspecified atom stereocenters. The molecule has 2 N–H and O–H groups in total. The van der Waals surface area contributed by atoms with Gasteiger partial charge in [0.05, 0.1) is 0 Å². The molecule has 6 heteroatoms. The third-order valence-electron chi connectivity index (χ3n) is 2.09. The minimum absolute atomic E-state index is 0.181. The third kappa shape index (κ3) is 3.21. The Hall–Kier alpha value is -2.08. The van der Waals surface area contributed by atoms with E-state index in [9.17, 15) is 4.79 Å². The van der Waals surface area contributed by atoms with Crippen molar-refractivity contribution in [2.75, 3.05) is 0 Å². The number of aryl methyl sites for hydroxylation is 1. The Morgan fingerprint density at radius 3 is 2.67 bits per heavy atom. The summed E-state index contributed by atoms with van der Waals surface area (Å²) in [6, 6.07) is 9.27. The number of aromatic amines is 1. The summed E-state index contributed by atoms with van der Waals surface area (Å²) in [6.07, 6.45) is 1.60. The van der Waals surface area contributed by atoms with Gasteiger partial charge in [-0.25, -0.2) is 9.78 Å². The van der Waals surface area contributed by atoms with Crippen LogP contribution in [0.5, 0.6) is 0 Å². The predicted molar refractivity (Wildman–Crippen MR) is 69.0 cm³/mol. The first-order valence-electron chi connectivity index (χ1n) is 5.22. The molecular weight excluding hydrogens is 250 g/mol. The smallest absolute Gasteiger partial charge is 0.342 e. The van der Waals surface area contributed by atoms with Crippen LogP contribution >= 0.6 is 11.8 Å². The van der Waals surface area contributed by atoms with Crippen molar-refractivity contribution in [3.05, 3.63) is 46.6 Å². The minimum atomic E-state index is -0.994. The van der Waals surface area contributed by atoms with Crippen LogP contribution in [0.15, 0.2) is 40.4 Å². The second kappa shape index (κ2) is 5.50. The molecule has 1 aromatic heterocycles. The van der Waals surface area contributed by atoms with Gasteiger partial charge >= 0.3 is 5.97 Å². The monoisotopic (exact) mass is 261 g/mol. The Morgan fingerprint density at radius 2 is 2.11 bits per heavy atom. The highest BCUT2D eigenvalue weighted by Gasteiger charge is 2.12. The molecule has 1 aromatic carbocycles. The van der Waals surface area contributed by atoms with Crippen molar-refractivity contribution < 1.29 is 9.90 Å². The lowest BCUT2D eigenvalue weighted by Gasteiger charge is -1.98. The molecule has 5 nitrogen and oxygen atoms in total. The Labute approximate surface area is 108 Å². The van der Waals surface area contributed by atoms with E-state index in [0.29, 0.717) is 11.0 Å². The lowest BCUT2D eigenvalue weighted by molar-refractivity contribution is -0.131. The van der Waals surface area contributed by atoms with Gasteiger partial charge in [0.25, 0.3) is 0 Å².